The maximum absolute atomic E-state index is 6.15. The predicted molar refractivity (Wildman–Crippen MR) is 138 cm³/mol. The van der Waals surface area contributed by atoms with Gasteiger partial charge >= 0.3 is 0 Å². The number of nitrogens with zero attached hydrogens (tertiary/aromatic N) is 3. The molecule has 7 heteroatoms. The Kier molecular flexibility index (Phi) is 9.93. The number of guanidine groups is 1. The van der Waals surface area contributed by atoms with E-state index in [1.807, 2.05) is 7.05 Å². The molecule has 0 saturated carbocycles. The van der Waals surface area contributed by atoms with E-state index in [0.717, 1.165) is 71.2 Å². The maximum atomic E-state index is 6.15. The summed E-state index contributed by atoms with van der Waals surface area (Å²) in [6, 6.07) is 8.79. The van der Waals surface area contributed by atoms with E-state index in [-0.39, 0.29) is 24.0 Å². The number of likely N-dealkylation sites (tertiary alicyclic amines) is 1. The normalized spacial score (nSPS) is 22.5. The SMILES string of the molecule is CN=C(NCc1cccc(N2CC=CC2)c1)N1CCC(OCC2CCCCO2)CC1.I. The van der Waals surface area contributed by atoms with Crippen molar-refractivity contribution in [3.8, 4) is 0 Å². The molecule has 0 spiro atoms. The highest BCUT2D eigenvalue weighted by atomic mass is 127. The number of rotatable bonds is 6. The molecule has 0 bridgehead atoms. The minimum Gasteiger partial charge on any atom is -0.376 e. The lowest BCUT2D eigenvalue weighted by Crippen LogP contribution is -2.47. The van der Waals surface area contributed by atoms with Gasteiger partial charge in [-0.1, -0.05) is 24.3 Å². The average molecular weight is 540 g/mol. The lowest BCUT2D eigenvalue weighted by atomic mass is 10.1. The van der Waals surface area contributed by atoms with Crippen LogP contribution in [0.4, 0.5) is 5.69 Å². The molecule has 1 aromatic carbocycles. The molecular formula is C24H37IN4O2. The van der Waals surface area contributed by atoms with Gasteiger partial charge in [0.05, 0.1) is 18.8 Å². The number of aliphatic imine (C=N–C) groups is 1. The van der Waals surface area contributed by atoms with E-state index in [1.165, 1.54) is 24.1 Å². The van der Waals surface area contributed by atoms with Gasteiger partial charge in [-0.05, 0) is 49.8 Å². The molecule has 1 aromatic rings. The van der Waals surface area contributed by atoms with Gasteiger partial charge in [-0.25, -0.2) is 0 Å². The number of hydrogen-bond donors (Lipinski definition) is 1. The predicted octanol–water partition coefficient (Wildman–Crippen LogP) is 3.81. The summed E-state index contributed by atoms with van der Waals surface area (Å²) in [6.07, 6.45) is 10.8. The van der Waals surface area contributed by atoms with Crippen molar-refractivity contribution in [2.75, 3.05) is 51.3 Å². The van der Waals surface area contributed by atoms with Gasteiger partial charge in [-0.3, -0.25) is 4.99 Å². The molecule has 3 heterocycles. The van der Waals surface area contributed by atoms with Gasteiger partial charge in [0.25, 0.3) is 0 Å². The van der Waals surface area contributed by atoms with Gasteiger partial charge in [0.2, 0.25) is 0 Å². The van der Waals surface area contributed by atoms with Crippen LogP contribution in [0.2, 0.25) is 0 Å². The fourth-order valence-electron chi connectivity index (χ4n) is 4.48. The van der Waals surface area contributed by atoms with Gasteiger partial charge in [-0.2, -0.15) is 0 Å². The van der Waals surface area contributed by atoms with Crippen LogP contribution in [0.5, 0.6) is 0 Å². The maximum Gasteiger partial charge on any atom is 0.193 e. The van der Waals surface area contributed by atoms with Crippen LogP contribution in [0, 0.1) is 0 Å². The molecule has 2 fully saturated rings. The fourth-order valence-corrected chi connectivity index (χ4v) is 4.48. The first kappa shape index (κ1) is 24.3. The second-order valence-corrected chi connectivity index (χ2v) is 8.46. The Morgan fingerprint density at radius 2 is 1.97 bits per heavy atom. The monoisotopic (exact) mass is 540 g/mol. The zero-order chi connectivity index (χ0) is 20.6. The van der Waals surface area contributed by atoms with Crippen molar-refractivity contribution >= 4 is 35.6 Å². The summed E-state index contributed by atoms with van der Waals surface area (Å²) in [5.41, 5.74) is 2.57. The Balaban J connectivity index is 0.00000272. The smallest absolute Gasteiger partial charge is 0.193 e. The van der Waals surface area contributed by atoms with E-state index in [0.29, 0.717) is 12.2 Å². The summed E-state index contributed by atoms with van der Waals surface area (Å²) < 4.78 is 11.9. The lowest BCUT2D eigenvalue weighted by Gasteiger charge is -2.35. The van der Waals surface area contributed by atoms with Crippen LogP contribution in [0.1, 0.15) is 37.7 Å². The minimum atomic E-state index is 0. The standard InChI is InChI=1S/C24H36N4O2.HI/c1-25-24(26-18-20-7-6-8-21(17-20)27-12-3-4-13-27)28-14-10-22(11-15-28)30-19-23-9-2-5-16-29-23;/h3-4,6-8,17,22-23H,2,5,9-16,18-19H2,1H3,(H,25,26);1H. The summed E-state index contributed by atoms with van der Waals surface area (Å²) in [7, 11) is 1.87. The van der Waals surface area contributed by atoms with Gasteiger partial charge in [0.1, 0.15) is 0 Å². The van der Waals surface area contributed by atoms with Gasteiger partial charge in [0, 0.05) is 52.1 Å². The molecule has 0 amide bonds. The third kappa shape index (κ3) is 7.08. The number of ether oxygens (including phenoxy) is 2. The van der Waals surface area contributed by atoms with Gasteiger partial charge < -0.3 is 24.6 Å². The average Bonchev–Trinajstić information content (AvgIpc) is 3.35. The lowest BCUT2D eigenvalue weighted by molar-refractivity contribution is -0.0721. The minimum absolute atomic E-state index is 0. The Hall–Kier alpha value is -1.32. The molecule has 0 aliphatic carbocycles. The first-order valence-corrected chi connectivity index (χ1v) is 11.5. The molecule has 4 rings (SSSR count). The fraction of sp³-hybridized carbons (Fsp3) is 0.625. The van der Waals surface area contributed by atoms with Crippen LogP contribution in [0.25, 0.3) is 0 Å². The molecule has 1 atom stereocenters. The van der Waals surface area contributed by atoms with Crippen LogP contribution in [-0.4, -0.2) is 69.5 Å². The summed E-state index contributed by atoms with van der Waals surface area (Å²) in [5.74, 6) is 0.984. The highest BCUT2D eigenvalue weighted by Crippen LogP contribution is 2.20. The second kappa shape index (κ2) is 12.6. The van der Waals surface area contributed by atoms with E-state index in [2.05, 4.69) is 56.5 Å². The van der Waals surface area contributed by atoms with Crippen molar-refractivity contribution in [3.63, 3.8) is 0 Å². The number of anilines is 1. The quantitative estimate of drug-likeness (QED) is 0.258. The number of piperidine rings is 1. The van der Waals surface area contributed by atoms with Crippen LogP contribution < -0.4 is 10.2 Å². The van der Waals surface area contributed by atoms with E-state index >= 15 is 0 Å². The van der Waals surface area contributed by atoms with Crippen molar-refractivity contribution in [1.82, 2.24) is 10.2 Å². The molecule has 1 N–H and O–H groups in total. The number of halogens is 1. The molecule has 3 aliphatic rings. The van der Waals surface area contributed by atoms with Crippen LogP contribution >= 0.6 is 24.0 Å². The molecule has 0 radical (unpaired) electrons. The molecule has 6 nitrogen and oxygen atoms in total. The zero-order valence-corrected chi connectivity index (χ0v) is 21.0. The first-order chi connectivity index (χ1) is 14.8. The Morgan fingerprint density at radius 1 is 1.16 bits per heavy atom. The molecule has 2 saturated heterocycles. The van der Waals surface area contributed by atoms with E-state index < -0.39 is 0 Å². The van der Waals surface area contributed by atoms with Crippen molar-refractivity contribution in [1.29, 1.82) is 0 Å². The Bertz CT molecular complexity index is 720. The molecule has 1 unspecified atom stereocenters. The second-order valence-electron chi connectivity index (χ2n) is 8.46. The Labute approximate surface area is 204 Å². The zero-order valence-electron chi connectivity index (χ0n) is 18.7. The molecular weight excluding hydrogens is 503 g/mol. The van der Waals surface area contributed by atoms with Crippen molar-refractivity contribution in [3.05, 3.63) is 42.0 Å². The first-order valence-electron chi connectivity index (χ1n) is 11.5. The highest BCUT2D eigenvalue weighted by Gasteiger charge is 2.23. The summed E-state index contributed by atoms with van der Waals surface area (Å²) in [5, 5.41) is 3.55. The third-order valence-corrected chi connectivity index (χ3v) is 6.29. The van der Waals surface area contributed by atoms with Gasteiger partial charge in [0.15, 0.2) is 5.96 Å². The number of nitrogens with one attached hydrogen (secondary N) is 1. The Morgan fingerprint density at radius 3 is 2.68 bits per heavy atom. The third-order valence-electron chi connectivity index (χ3n) is 6.29. The van der Waals surface area contributed by atoms with Crippen molar-refractivity contribution in [2.24, 2.45) is 4.99 Å². The van der Waals surface area contributed by atoms with Gasteiger partial charge in [-0.15, -0.1) is 24.0 Å². The summed E-state index contributed by atoms with van der Waals surface area (Å²) >= 11 is 0. The summed E-state index contributed by atoms with van der Waals surface area (Å²) in [4.78, 5) is 9.25. The molecule has 0 aromatic heterocycles. The van der Waals surface area contributed by atoms with Crippen LogP contribution in [0.15, 0.2) is 41.4 Å². The number of hydrogen-bond acceptors (Lipinski definition) is 4. The van der Waals surface area contributed by atoms with Crippen molar-refractivity contribution in [2.45, 2.75) is 50.9 Å². The largest absolute Gasteiger partial charge is 0.376 e. The highest BCUT2D eigenvalue weighted by molar-refractivity contribution is 14.0. The van der Waals surface area contributed by atoms with Crippen LogP contribution in [-0.2, 0) is 16.0 Å². The van der Waals surface area contributed by atoms with Crippen molar-refractivity contribution < 1.29 is 9.47 Å². The molecule has 3 aliphatic heterocycles. The summed E-state index contributed by atoms with van der Waals surface area (Å²) in [6.45, 7) is 6.40. The van der Waals surface area contributed by atoms with E-state index in [4.69, 9.17) is 9.47 Å². The topological polar surface area (TPSA) is 49.3 Å². The molecule has 31 heavy (non-hydrogen) atoms. The van der Waals surface area contributed by atoms with Crippen LogP contribution in [0.3, 0.4) is 0 Å². The molecule has 172 valence electrons. The van der Waals surface area contributed by atoms with E-state index in [9.17, 15) is 0 Å². The van der Waals surface area contributed by atoms with E-state index in [1.54, 1.807) is 0 Å². The number of benzene rings is 1.